The maximum absolute atomic E-state index is 12.1. The molecular weight excluding hydrogens is 240 g/mol. The Morgan fingerprint density at radius 1 is 1.11 bits per heavy atom. The van der Waals surface area contributed by atoms with Crippen molar-refractivity contribution in [3.8, 4) is 0 Å². The van der Waals surface area contributed by atoms with Crippen LogP contribution < -0.4 is 5.32 Å². The van der Waals surface area contributed by atoms with E-state index in [1.54, 1.807) is 24.3 Å². The van der Waals surface area contributed by atoms with Gasteiger partial charge in [-0.25, -0.2) is 0 Å². The number of ketones is 1. The lowest BCUT2D eigenvalue weighted by atomic mass is 10.0. The number of piperidine rings is 1. The van der Waals surface area contributed by atoms with E-state index in [1.807, 2.05) is 0 Å². The van der Waals surface area contributed by atoms with E-state index in [9.17, 15) is 9.59 Å². The maximum Gasteiger partial charge on any atom is 0.251 e. The lowest BCUT2D eigenvalue weighted by Gasteiger charge is -2.29. The first-order valence-corrected chi connectivity index (χ1v) is 6.66. The topological polar surface area (TPSA) is 49.4 Å². The van der Waals surface area contributed by atoms with E-state index < -0.39 is 0 Å². The summed E-state index contributed by atoms with van der Waals surface area (Å²) in [4.78, 5) is 25.5. The highest BCUT2D eigenvalue weighted by Crippen LogP contribution is 2.10. The molecule has 1 fully saturated rings. The average Bonchev–Trinajstić information content (AvgIpc) is 2.41. The summed E-state index contributed by atoms with van der Waals surface area (Å²) in [5.41, 5.74) is 1.25. The van der Waals surface area contributed by atoms with Gasteiger partial charge in [0.25, 0.3) is 5.91 Å². The molecule has 0 saturated carbocycles. The molecule has 0 radical (unpaired) electrons. The third kappa shape index (κ3) is 3.64. The van der Waals surface area contributed by atoms with Gasteiger partial charge in [0.05, 0.1) is 0 Å². The summed E-state index contributed by atoms with van der Waals surface area (Å²) in [5, 5.41) is 3.05. The number of Topliss-reactive ketones (excluding diaryl/α,β-unsaturated/α-hetero) is 1. The van der Waals surface area contributed by atoms with E-state index in [-0.39, 0.29) is 17.7 Å². The number of carbonyl (C=O) groups is 2. The summed E-state index contributed by atoms with van der Waals surface area (Å²) >= 11 is 0. The van der Waals surface area contributed by atoms with Crippen molar-refractivity contribution in [1.29, 1.82) is 0 Å². The van der Waals surface area contributed by atoms with Crippen LogP contribution in [0.5, 0.6) is 0 Å². The van der Waals surface area contributed by atoms with Crippen LogP contribution in [-0.2, 0) is 0 Å². The normalized spacial score (nSPS) is 17.2. The van der Waals surface area contributed by atoms with Gasteiger partial charge in [0, 0.05) is 17.2 Å². The molecule has 1 heterocycles. The molecule has 0 aromatic heterocycles. The monoisotopic (exact) mass is 260 g/mol. The van der Waals surface area contributed by atoms with Crippen LogP contribution in [0.3, 0.4) is 0 Å². The molecule has 1 N–H and O–H groups in total. The van der Waals surface area contributed by atoms with Crippen molar-refractivity contribution in [3.63, 3.8) is 0 Å². The van der Waals surface area contributed by atoms with Gasteiger partial charge in [-0.15, -0.1) is 0 Å². The maximum atomic E-state index is 12.1. The number of likely N-dealkylation sites (tertiary alicyclic amines) is 1. The van der Waals surface area contributed by atoms with Gasteiger partial charge < -0.3 is 10.2 Å². The molecule has 1 aliphatic rings. The Labute approximate surface area is 113 Å². The molecule has 1 aromatic carbocycles. The fourth-order valence-electron chi connectivity index (χ4n) is 2.28. The van der Waals surface area contributed by atoms with Gasteiger partial charge in [-0.1, -0.05) is 12.1 Å². The second-order valence-electron chi connectivity index (χ2n) is 5.18. The van der Waals surface area contributed by atoms with Gasteiger partial charge in [0.1, 0.15) is 0 Å². The number of nitrogens with zero attached hydrogens (tertiary/aromatic N) is 1. The number of nitrogens with one attached hydrogen (secondary N) is 1. The summed E-state index contributed by atoms with van der Waals surface area (Å²) in [6, 6.07) is 7.08. The highest BCUT2D eigenvalue weighted by atomic mass is 16.1. The number of benzene rings is 1. The van der Waals surface area contributed by atoms with Crippen molar-refractivity contribution in [3.05, 3.63) is 35.4 Å². The molecule has 19 heavy (non-hydrogen) atoms. The van der Waals surface area contributed by atoms with E-state index in [4.69, 9.17) is 0 Å². The molecule has 1 saturated heterocycles. The van der Waals surface area contributed by atoms with E-state index in [0.717, 1.165) is 25.9 Å². The number of rotatable bonds is 3. The highest BCUT2D eigenvalue weighted by molar-refractivity contribution is 5.97. The molecule has 0 aliphatic carbocycles. The molecule has 1 aromatic rings. The Bertz CT molecular complexity index is 460. The summed E-state index contributed by atoms with van der Waals surface area (Å²) in [6.45, 7) is 3.57. The lowest BCUT2D eigenvalue weighted by molar-refractivity contribution is 0.0915. The summed E-state index contributed by atoms with van der Waals surface area (Å²) < 4.78 is 0. The number of carbonyl (C=O) groups excluding carboxylic acids is 2. The molecule has 0 spiro atoms. The van der Waals surface area contributed by atoms with Gasteiger partial charge in [0.2, 0.25) is 0 Å². The third-order valence-electron chi connectivity index (χ3n) is 3.61. The van der Waals surface area contributed by atoms with Crippen LogP contribution in [0.4, 0.5) is 0 Å². The highest BCUT2D eigenvalue weighted by Gasteiger charge is 2.18. The quantitative estimate of drug-likeness (QED) is 0.842. The molecule has 2 rings (SSSR count). The van der Waals surface area contributed by atoms with Crippen molar-refractivity contribution in [2.75, 3.05) is 20.1 Å². The SMILES string of the molecule is CC(=O)c1ccc(C(=O)NC2CCN(C)CC2)cc1. The number of amides is 1. The summed E-state index contributed by atoms with van der Waals surface area (Å²) in [7, 11) is 2.10. The van der Waals surface area contributed by atoms with Gasteiger partial charge in [-0.3, -0.25) is 9.59 Å². The predicted octanol–water partition coefficient (Wildman–Crippen LogP) is 1.71. The van der Waals surface area contributed by atoms with Gasteiger partial charge >= 0.3 is 0 Å². The third-order valence-corrected chi connectivity index (χ3v) is 3.61. The Hall–Kier alpha value is -1.68. The molecule has 1 aliphatic heterocycles. The first-order valence-electron chi connectivity index (χ1n) is 6.66. The van der Waals surface area contributed by atoms with Crippen molar-refractivity contribution in [2.45, 2.75) is 25.8 Å². The van der Waals surface area contributed by atoms with Crippen molar-refractivity contribution in [2.24, 2.45) is 0 Å². The van der Waals surface area contributed by atoms with Crippen LogP contribution in [0.15, 0.2) is 24.3 Å². The largest absolute Gasteiger partial charge is 0.349 e. The van der Waals surface area contributed by atoms with Crippen molar-refractivity contribution >= 4 is 11.7 Å². The van der Waals surface area contributed by atoms with Gasteiger partial charge in [-0.05, 0) is 52.0 Å². The minimum Gasteiger partial charge on any atom is -0.349 e. The summed E-state index contributed by atoms with van der Waals surface area (Å²) in [6.07, 6.45) is 1.99. The first kappa shape index (κ1) is 13.7. The molecular formula is C15H20N2O2. The van der Waals surface area contributed by atoms with Crippen molar-refractivity contribution in [1.82, 2.24) is 10.2 Å². The fourth-order valence-corrected chi connectivity index (χ4v) is 2.28. The van der Waals surface area contributed by atoms with Crippen molar-refractivity contribution < 1.29 is 9.59 Å². The Balaban J connectivity index is 1.94. The Morgan fingerprint density at radius 3 is 2.16 bits per heavy atom. The van der Waals surface area contributed by atoms with Gasteiger partial charge in [-0.2, -0.15) is 0 Å². The molecule has 1 amide bonds. The molecule has 0 unspecified atom stereocenters. The number of hydrogen-bond donors (Lipinski definition) is 1. The Kier molecular flexibility index (Phi) is 4.32. The second kappa shape index (κ2) is 5.97. The van der Waals surface area contributed by atoms with Crippen LogP contribution in [0.1, 0.15) is 40.5 Å². The molecule has 4 nitrogen and oxygen atoms in total. The van der Waals surface area contributed by atoms with E-state index in [0.29, 0.717) is 11.1 Å². The zero-order valence-corrected chi connectivity index (χ0v) is 11.5. The average molecular weight is 260 g/mol. The zero-order valence-electron chi connectivity index (χ0n) is 11.5. The predicted molar refractivity (Wildman–Crippen MR) is 74.4 cm³/mol. The fraction of sp³-hybridized carbons (Fsp3) is 0.467. The minimum absolute atomic E-state index is 0.0160. The molecule has 102 valence electrons. The Morgan fingerprint density at radius 2 is 1.63 bits per heavy atom. The minimum atomic E-state index is -0.0512. The standard InChI is InChI=1S/C15H20N2O2/c1-11(18)12-3-5-13(6-4-12)15(19)16-14-7-9-17(2)10-8-14/h3-6,14H,7-10H2,1-2H3,(H,16,19). The molecule has 0 atom stereocenters. The summed E-state index contributed by atoms with van der Waals surface area (Å²) in [5.74, 6) is -0.0352. The van der Waals surface area contributed by atoms with Crippen LogP contribution >= 0.6 is 0 Å². The van der Waals surface area contributed by atoms with E-state index in [2.05, 4.69) is 17.3 Å². The van der Waals surface area contributed by atoms with Crippen LogP contribution in [-0.4, -0.2) is 42.8 Å². The van der Waals surface area contributed by atoms with E-state index >= 15 is 0 Å². The van der Waals surface area contributed by atoms with Crippen LogP contribution in [0.2, 0.25) is 0 Å². The van der Waals surface area contributed by atoms with Crippen LogP contribution in [0.25, 0.3) is 0 Å². The van der Waals surface area contributed by atoms with Gasteiger partial charge in [0.15, 0.2) is 5.78 Å². The lowest BCUT2D eigenvalue weighted by Crippen LogP contribution is -2.43. The molecule has 0 bridgehead atoms. The second-order valence-corrected chi connectivity index (χ2v) is 5.18. The smallest absolute Gasteiger partial charge is 0.251 e. The van der Waals surface area contributed by atoms with Crippen LogP contribution in [0, 0.1) is 0 Å². The number of hydrogen-bond acceptors (Lipinski definition) is 3. The molecule has 4 heteroatoms. The van der Waals surface area contributed by atoms with E-state index in [1.165, 1.54) is 6.92 Å². The first-order chi connectivity index (χ1) is 9.06. The zero-order chi connectivity index (χ0) is 13.8.